The number of phenols is 2. The Labute approximate surface area is 148 Å². The maximum Gasteiger partial charge on any atom is 0.430 e. The fraction of sp³-hybridized carbons (Fsp3) is 0.200. The Morgan fingerprint density at radius 2 is 1.19 bits per heavy atom. The number of halogens is 6. The van der Waals surface area contributed by atoms with Gasteiger partial charge in [0.25, 0.3) is 5.60 Å². The number of alkyl halides is 6. The average molecular weight is 416 g/mol. The highest BCUT2D eigenvalue weighted by atomic mass is 32.2. The lowest BCUT2D eigenvalue weighted by molar-refractivity contribution is -0.376. The quantitative estimate of drug-likeness (QED) is 0.668. The van der Waals surface area contributed by atoms with Gasteiger partial charge in [0.2, 0.25) is 9.84 Å². The van der Waals surface area contributed by atoms with Gasteiger partial charge in [-0.3, -0.25) is 0 Å². The zero-order chi connectivity index (χ0) is 20.8. The molecular formula is C15H10F6O5S. The number of hydrogen-bond donors (Lipinski definition) is 3. The molecule has 0 spiro atoms. The summed E-state index contributed by atoms with van der Waals surface area (Å²) in [4.78, 5) is -1.58. The molecule has 0 aliphatic carbocycles. The van der Waals surface area contributed by atoms with Gasteiger partial charge in [-0.1, -0.05) is 0 Å². The average Bonchev–Trinajstić information content (AvgIpc) is 2.52. The minimum atomic E-state index is -6.30. The first kappa shape index (κ1) is 20.8. The van der Waals surface area contributed by atoms with Crippen LogP contribution in [0.4, 0.5) is 26.3 Å². The molecule has 148 valence electrons. The molecule has 0 fully saturated rings. The molecule has 0 atom stereocenters. The van der Waals surface area contributed by atoms with Gasteiger partial charge in [-0.25, -0.2) is 8.42 Å². The third-order valence-corrected chi connectivity index (χ3v) is 5.40. The van der Waals surface area contributed by atoms with Crippen LogP contribution >= 0.6 is 0 Å². The largest absolute Gasteiger partial charge is 0.508 e. The van der Waals surface area contributed by atoms with Gasteiger partial charge in [0.15, 0.2) is 0 Å². The van der Waals surface area contributed by atoms with E-state index >= 15 is 0 Å². The predicted molar refractivity (Wildman–Crippen MR) is 77.7 cm³/mol. The third-order valence-electron chi connectivity index (χ3n) is 3.64. The van der Waals surface area contributed by atoms with E-state index in [0.717, 1.165) is 24.3 Å². The topological polar surface area (TPSA) is 94.8 Å². The zero-order valence-corrected chi connectivity index (χ0v) is 13.7. The van der Waals surface area contributed by atoms with Crippen LogP contribution in [0, 0.1) is 0 Å². The highest BCUT2D eigenvalue weighted by Gasteiger charge is 2.72. The molecule has 0 aliphatic rings. The van der Waals surface area contributed by atoms with E-state index in [9.17, 15) is 45.0 Å². The first-order chi connectivity index (χ1) is 12.1. The van der Waals surface area contributed by atoms with Crippen molar-refractivity contribution in [3.8, 4) is 11.5 Å². The van der Waals surface area contributed by atoms with Crippen molar-refractivity contribution in [1.82, 2.24) is 0 Å². The van der Waals surface area contributed by atoms with Crippen molar-refractivity contribution >= 4 is 9.84 Å². The second kappa shape index (κ2) is 6.30. The summed E-state index contributed by atoms with van der Waals surface area (Å²) in [6.45, 7) is 0. The van der Waals surface area contributed by atoms with Gasteiger partial charge in [0.1, 0.15) is 11.5 Å². The van der Waals surface area contributed by atoms with E-state index in [1.165, 1.54) is 0 Å². The normalized spacial score (nSPS) is 13.6. The summed E-state index contributed by atoms with van der Waals surface area (Å²) in [6.07, 6.45) is -12.6. The number of rotatable bonds is 3. The van der Waals surface area contributed by atoms with Crippen LogP contribution in [0.1, 0.15) is 5.56 Å². The number of aliphatic hydroxyl groups is 1. The van der Waals surface area contributed by atoms with Gasteiger partial charge in [0, 0.05) is 5.56 Å². The number of benzene rings is 2. The van der Waals surface area contributed by atoms with Crippen molar-refractivity contribution in [2.45, 2.75) is 27.7 Å². The molecule has 5 nitrogen and oxygen atoms in total. The Morgan fingerprint density at radius 3 is 1.63 bits per heavy atom. The Kier molecular flexibility index (Phi) is 4.86. The van der Waals surface area contributed by atoms with Crippen LogP contribution in [-0.2, 0) is 15.4 Å². The van der Waals surface area contributed by atoms with E-state index in [4.69, 9.17) is 5.11 Å². The minimum absolute atomic E-state index is 0.0987. The molecule has 0 radical (unpaired) electrons. The lowest BCUT2D eigenvalue weighted by Crippen LogP contribution is -2.54. The fourth-order valence-corrected chi connectivity index (χ4v) is 3.49. The number of phenolic OH excluding ortho intramolecular Hbond substituents is 2. The maximum absolute atomic E-state index is 13.0. The Bertz CT molecular complexity index is 934. The molecule has 0 saturated heterocycles. The predicted octanol–water partition coefficient (Wildman–Crippen LogP) is 3.24. The van der Waals surface area contributed by atoms with Crippen LogP contribution in [-0.4, -0.2) is 36.1 Å². The summed E-state index contributed by atoms with van der Waals surface area (Å²) < 4.78 is 103. The molecule has 3 N–H and O–H groups in total. The van der Waals surface area contributed by atoms with Crippen LogP contribution in [0.25, 0.3) is 0 Å². The molecule has 0 heterocycles. The monoisotopic (exact) mass is 416 g/mol. The maximum atomic E-state index is 13.0. The van der Waals surface area contributed by atoms with Crippen LogP contribution in [0.15, 0.2) is 52.3 Å². The molecule has 12 heteroatoms. The molecule has 2 rings (SSSR count). The molecular weight excluding hydrogens is 406 g/mol. The van der Waals surface area contributed by atoms with Crippen LogP contribution < -0.4 is 0 Å². The summed E-state index contributed by atoms with van der Waals surface area (Å²) in [5, 5.41) is 28.0. The van der Waals surface area contributed by atoms with Crippen LogP contribution in [0.5, 0.6) is 11.5 Å². The van der Waals surface area contributed by atoms with E-state index < -0.39 is 48.9 Å². The first-order valence-electron chi connectivity index (χ1n) is 6.86. The highest BCUT2D eigenvalue weighted by Crippen LogP contribution is 2.52. The summed E-state index contributed by atoms with van der Waals surface area (Å²) in [5.74, 6) is -1.93. The molecule has 0 bridgehead atoms. The lowest BCUT2D eigenvalue weighted by atomic mass is 9.91. The van der Waals surface area contributed by atoms with Crippen molar-refractivity contribution in [1.29, 1.82) is 0 Å². The zero-order valence-electron chi connectivity index (χ0n) is 12.9. The Balaban J connectivity index is 2.74. The smallest absolute Gasteiger partial charge is 0.430 e. The van der Waals surface area contributed by atoms with Crippen LogP contribution in [0.2, 0.25) is 0 Å². The third kappa shape index (κ3) is 3.41. The van der Waals surface area contributed by atoms with Gasteiger partial charge in [-0.15, -0.1) is 0 Å². The van der Waals surface area contributed by atoms with Gasteiger partial charge < -0.3 is 15.3 Å². The molecule has 0 aliphatic heterocycles. The lowest BCUT2D eigenvalue weighted by Gasteiger charge is -2.33. The second-order valence-electron chi connectivity index (χ2n) is 5.38. The van der Waals surface area contributed by atoms with Crippen molar-refractivity contribution in [2.75, 3.05) is 0 Å². The second-order valence-corrected chi connectivity index (χ2v) is 7.33. The summed E-state index contributed by atoms with van der Waals surface area (Å²) in [5.41, 5.74) is -7.58. The number of aromatic hydroxyl groups is 2. The van der Waals surface area contributed by atoms with E-state index in [1.54, 1.807) is 0 Å². The highest BCUT2D eigenvalue weighted by molar-refractivity contribution is 7.91. The standard InChI is InChI=1S/C15H10F6O5S/c16-14(17,18)13(24,15(19,20)21)11-7-10(5-6-12(11)23)27(25,26)9-3-1-8(22)2-4-9/h1-7,22-24H. The number of sulfone groups is 1. The Hall–Kier alpha value is -2.47. The van der Waals surface area contributed by atoms with Gasteiger partial charge >= 0.3 is 12.4 Å². The molecule has 0 aromatic heterocycles. The van der Waals surface area contributed by atoms with Crippen molar-refractivity contribution in [3.05, 3.63) is 48.0 Å². The molecule has 0 saturated carbocycles. The van der Waals surface area contributed by atoms with E-state index in [2.05, 4.69) is 0 Å². The van der Waals surface area contributed by atoms with Crippen LogP contribution in [0.3, 0.4) is 0 Å². The van der Waals surface area contributed by atoms with E-state index in [-0.39, 0.29) is 11.8 Å². The SMILES string of the molecule is O=S(=O)(c1ccc(O)cc1)c1ccc(O)c(C(O)(C(F)(F)F)C(F)(F)F)c1. The van der Waals surface area contributed by atoms with Gasteiger partial charge in [0.05, 0.1) is 9.79 Å². The fourth-order valence-electron chi connectivity index (χ4n) is 2.20. The minimum Gasteiger partial charge on any atom is -0.508 e. The summed E-state index contributed by atoms with van der Waals surface area (Å²) in [6, 6.07) is 4.40. The molecule has 0 amide bonds. The molecule has 2 aromatic rings. The molecule has 27 heavy (non-hydrogen) atoms. The van der Waals surface area contributed by atoms with Crippen molar-refractivity contribution in [3.63, 3.8) is 0 Å². The van der Waals surface area contributed by atoms with Crippen molar-refractivity contribution in [2.24, 2.45) is 0 Å². The summed E-state index contributed by atoms with van der Waals surface area (Å²) in [7, 11) is -4.61. The van der Waals surface area contributed by atoms with Gasteiger partial charge in [-0.2, -0.15) is 26.3 Å². The molecule has 0 unspecified atom stereocenters. The van der Waals surface area contributed by atoms with E-state index in [0.29, 0.717) is 12.1 Å². The number of hydrogen-bond acceptors (Lipinski definition) is 5. The van der Waals surface area contributed by atoms with E-state index in [1.807, 2.05) is 0 Å². The summed E-state index contributed by atoms with van der Waals surface area (Å²) >= 11 is 0. The Morgan fingerprint density at radius 1 is 0.741 bits per heavy atom. The first-order valence-corrected chi connectivity index (χ1v) is 8.34. The van der Waals surface area contributed by atoms with Crippen molar-refractivity contribution < 1.29 is 50.1 Å². The molecule has 2 aromatic carbocycles. The van der Waals surface area contributed by atoms with Gasteiger partial charge in [-0.05, 0) is 42.5 Å².